The third kappa shape index (κ3) is 3.07. The molecule has 102 valence electrons. The highest BCUT2D eigenvalue weighted by molar-refractivity contribution is 4.88. The molecular weight excluding hydrogens is 234 g/mol. The highest BCUT2D eigenvalue weighted by Crippen LogP contribution is 2.24. The van der Waals surface area contributed by atoms with Gasteiger partial charge in [-0.05, 0) is 25.3 Å². The lowest BCUT2D eigenvalue weighted by molar-refractivity contribution is 0.0400. The fourth-order valence-electron chi connectivity index (χ4n) is 2.54. The molecule has 0 amide bonds. The van der Waals surface area contributed by atoms with Crippen molar-refractivity contribution < 1.29 is 14.4 Å². The minimum atomic E-state index is 0.181. The first-order chi connectivity index (χ1) is 8.74. The number of aliphatic hydroxyl groups is 1. The van der Waals surface area contributed by atoms with Gasteiger partial charge < -0.3 is 14.4 Å². The molecule has 0 aliphatic carbocycles. The summed E-state index contributed by atoms with van der Waals surface area (Å²) in [5.74, 6) is 1.66. The zero-order valence-electron chi connectivity index (χ0n) is 11.0. The van der Waals surface area contributed by atoms with Gasteiger partial charge in [-0.1, -0.05) is 12.1 Å². The summed E-state index contributed by atoms with van der Waals surface area (Å²) in [6.45, 7) is 4.30. The fourth-order valence-corrected chi connectivity index (χ4v) is 2.54. The van der Waals surface area contributed by atoms with Gasteiger partial charge in [0.25, 0.3) is 0 Å². The van der Waals surface area contributed by atoms with Crippen molar-refractivity contribution in [3.63, 3.8) is 0 Å². The minimum absolute atomic E-state index is 0.181. The van der Waals surface area contributed by atoms with Gasteiger partial charge in [0.05, 0.1) is 13.2 Å². The number of hydrogen-bond donors (Lipinski definition) is 1. The first kappa shape index (κ1) is 13.5. The number of nitrogens with zero attached hydrogens (tertiary/aromatic N) is 3. The molecule has 1 aliphatic heterocycles. The first-order valence-corrected chi connectivity index (χ1v) is 6.40. The summed E-state index contributed by atoms with van der Waals surface area (Å²) in [6, 6.07) is 0.191. The Bertz CT molecular complexity index is 369. The van der Waals surface area contributed by atoms with Crippen molar-refractivity contribution in [2.75, 3.05) is 20.3 Å². The second-order valence-electron chi connectivity index (χ2n) is 4.88. The predicted octanol–water partition coefficient (Wildman–Crippen LogP) is 0.809. The molecule has 1 aliphatic rings. The number of aromatic nitrogens is 2. The second-order valence-corrected chi connectivity index (χ2v) is 4.88. The molecule has 2 atom stereocenters. The molecule has 6 heteroatoms. The Morgan fingerprint density at radius 2 is 2.39 bits per heavy atom. The number of hydrogen-bond acceptors (Lipinski definition) is 6. The van der Waals surface area contributed by atoms with Crippen LogP contribution in [0.5, 0.6) is 0 Å². The van der Waals surface area contributed by atoms with Crippen molar-refractivity contribution in [1.29, 1.82) is 0 Å². The van der Waals surface area contributed by atoms with E-state index in [-0.39, 0.29) is 12.6 Å². The van der Waals surface area contributed by atoms with E-state index < -0.39 is 0 Å². The summed E-state index contributed by atoms with van der Waals surface area (Å²) in [5, 5.41) is 13.3. The molecule has 0 radical (unpaired) electrons. The summed E-state index contributed by atoms with van der Waals surface area (Å²) in [5.41, 5.74) is 0. The maximum atomic E-state index is 9.47. The summed E-state index contributed by atoms with van der Waals surface area (Å²) in [6.07, 6.45) is 2.32. The van der Waals surface area contributed by atoms with E-state index in [4.69, 9.17) is 9.26 Å². The molecule has 1 aromatic heterocycles. The van der Waals surface area contributed by atoms with E-state index in [2.05, 4.69) is 22.0 Å². The standard InChI is InChI=1S/C12H21N3O3/c1-9-4-3-5-15(10(9)7-16)6-12-13-11(8-17-2)14-18-12/h9-10,16H,3-8H2,1-2H3. The molecule has 2 rings (SSSR count). The average molecular weight is 255 g/mol. The molecule has 6 nitrogen and oxygen atoms in total. The fraction of sp³-hybridized carbons (Fsp3) is 0.833. The number of rotatable bonds is 5. The quantitative estimate of drug-likeness (QED) is 0.839. The summed E-state index contributed by atoms with van der Waals surface area (Å²) < 4.78 is 10.1. The van der Waals surface area contributed by atoms with E-state index in [9.17, 15) is 5.11 Å². The number of likely N-dealkylation sites (tertiary alicyclic amines) is 1. The van der Waals surface area contributed by atoms with Gasteiger partial charge in [-0.3, -0.25) is 4.90 Å². The molecule has 18 heavy (non-hydrogen) atoms. The summed E-state index contributed by atoms with van der Waals surface area (Å²) in [7, 11) is 1.60. The Morgan fingerprint density at radius 3 is 3.11 bits per heavy atom. The lowest BCUT2D eigenvalue weighted by atomic mass is 9.91. The lowest BCUT2D eigenvalue weighted by Gasteiger charge is -2.38. The summed E-state index contributed by atoms with van der Waals surface area (Å²) >= 11 is 0. The maximum Gasteiger partial charge on any atom is 0.240 e. The van der Waals surface area contributed by atoms with Crippen LogP contribution in [0.25, 0.3) is 0 Å². The van der Waals surface area contributed by atoms with Crippen LogP contribution in [0.4, 0.5) is 0 Å². The van der Waals surface area contributed by atoms with Crippen LogP contribution in [0, 0.1) is 5.92 Å². The highest BCUT2D eigenvalue weighted by atomic mass is 16.5. The normalized spacial score (nSPS) is 25.5. The van der Waals surface area contributed by atoms with Crippen molar-refractivity contribution in [1.82, 2.24) is 15.0 Å². The Hall–Kier alpha value is -0.980. The summed E-state index contributed by atoms with van der Waals surface area (Å²) in [4.78, 5) is 6.48. The average Bonchev–Trinajstić information content (AvgIpc) is 2.77. The maximum absolute atomic E-state index is 9.47. The molecule has 0 saturated carbocycles. The van der Waals surface area contributed by atoms with Gasteiger partial charge in [0.1, 0.15) is 6.61 Å². The van der Waals surface area contributed by atoms with Crippen LogP contribution in [0.15, 0.2) is 4.52 Å². The molecule has 0 spiro atoms. The second kappa shape index (κ2) is 6.26. The molecule has 1 saturated heterocycles. The van der Waals surface area contributed by atoms with Crippen molar-refractivity contribution >= 4 is 0 Å². The number of methoxy groups -OCH3 is 1. The Balaban J connectivity index is 1.97. The molecule has 1 fully saturated rings. The molecule has 1 N–H and O–H groups in total. The van der Waals surface area contributed by atoms with Gasteiger partial charge in [-0.15, -0.1) is 0 Å². The van der Waals surface area contributed by atoms with Crippen molar-refractivity contribution in [3.05, 3.63) is 11.7 Å². The smallest absolute Gasteiger partial charge is 0.240 e. The third-order valence-electron chi connectivity index (χ3n) is 3.54. The van der Waals surface area contributed by atoms with Crippen molar-refractivity contribution in [2.24, 2.45) is 5.92 Å². The predicted molar refractivity (Wildman–Crippen MR) is 64.7 cm³/mol. The number of piperidine rings is 1. The number of ether oxygens (including phenoxy) is 1. The van der Waals surface area contributed by atoms with E-state index in [0.29, 0.717) is 30.8 Å². The molecule has 2 heterocycles. The zero-order chi connectivity index (χ0) is 13.0. The Morgan fingerprint density at radius 1 is 1.56 bits per heavy atom. The van der Waals surface area contributed by atoms with E-state index in [1.54, 1.807) is 7.11 Å². The third-order valence-corrected chi connectivity index (χ3v) is 3.54. The van der Waals surface area contributed by atoms with E-state index >= 15 is 0 Å². The Labute approximate surface area is 107 Å². The van der Waals surface area contributed by atoms with Gasteiger partial charge in [-0.2, -0.15) is 4.98 Å². The van der Waals surface area contributed by atoms with Crippen LogP contribution in [-0.2, 0) is 17.9 Å². The van der Waals surface area contributed by atoms with Gasteiger partial charge in [0.15, 0.2) is 5.82 Å². The van der Waals surface area contributed by atoms with E-state index in [1.807, 2.05) is 0 Å². The van der Waals surface area contributed by atoms with Gasteiger partial charge in [-0.25, -0.2) is 0 Å². The van der Waals surface area contributed by atoms with E-state index in [1.165, 1.54) is 6.42 Å². The molecule has 1 aromatic rings. The first-order valence-electron chi connectivity index (χ1n) is 6.40. The van der Waals surface area contributed by atoms with Crippen LogP contribution in [0.1, 0.15) is 31.5 Å². The minimum Gasteiger partial charge on any atom is -0.395 e. The highest BCUT2D eigenvalue weighted by Gasteiger charge is 2.29. The van der Waals surface area contributed by atoms with Crippen molar-refractivity contribution in [3.8, 4) is 0 Å². The molecule has 0 aromatic carbocycles. The van der Waals surface area contributed by atoms with Crippen LogP contribution >= 0.6 is 0 Å². The SMILES string of the molecule is COCc1noc(CN2CCCC(C)C2CO)n1. The lowest BCUT2D eigenvalue weighted by Crippen LogP contribution is -2.46. The zero-order valence-corrected chi connectivity index (χ0v) is 11.0. The molecular formula is C12H21N3O3. The van der Waals surface area contributed by atoms with Crippen LogP contribution in [0.2, 0.25) is 0 Å². The van der Waals surface area contributed by atoms with E-state index in [0.717, 1.165) is 13.0 Å². The van der Waals surface area contributed by atoms with Gasteiger partial charge >= 0.3 is 0 Å². The molecule has 2 unspecified atom stereocenters. The number of aliphatic hydroxyl groups excluding tert-OH is 1. The van der Waals surface area contributed by atoms with Gasteiger partial charge in [0, 0.05) is 13.2 Å². The molecule has 0 bridgehead atoms. The van der Waals surface area contributed by atoms with Crippen LogP contribution in [0.3, 0.4) is 0 Å². The van der Waals surface area contributed by atoms with Crippen LogP contribution < -0.4 is 0 Å². The van der Waals surface area contributed by atoms with Gasteiger partial charge in [0.2, 0.25) is 5.89 Å². The largest absolute Gasteiger partial charge is 0.395 e. The monoisotopic (exact) mass is 255 g/mol. The topological polar surface area (TPSA) is 71.6 Å². The van der Waals surface area contributed by atoms with Crippen LogP contribution in [-0.4, -0.2) is 46.5 Å². The Kier molecular flexibility index (Phi) is 4.68. The van der Waals surface area contributed by atoms with Crippen molar-refractivity contribution in [2.45, 2.75) is 39.0 Å².